The summed E-state index contributed by atoms with van der Waals surface area (Å²) in [5.41, 5.74) is 4.04. The molecule has 2 aromatic rings. The number of aromatic hydroxyl groups is 1. The quantitative estimate of drug-likeness (QED) is 0.700. The van der Waals surface area contributed by atoms with E-state index in [1.54, 1.807) is 12.1 Å². The van der Waals surface area contributed by atoms with Crippen molar-refractivity contribution >= 4 is 11.4 Å². The average Bonchev–Trinajstić information content (AvgIpc) is 2.50. The van der Waals surface area contributed by atoms with E-state index in [4.69, 9.17) is 0 Å². The van der Waals surface area contributed by atoms with Gasteiger partial charge in [0.2, 0.25) is 0 Å². The third-order valence-corrected chi connectivity index (χ3v) is 2.29. The number of anilines is 2. The number of aromatic amines is 1. The molecule has 0 aliphatic heterocycles. The first kappa shape index (κ1) is 9.65. The maximum absolute atomic E-state index is 9.44. The second-order valence-electron chi connectivity index (χ2n) is 3.70. The van der Waals surface area contributed by atoms with Gasteiger partial charge in [-0.2, -0.15) is 0 Å². The highest BCUT2D eigenvalue weighted by Gasteiger charge is 2.01. The van der Waals surface area contributed by atoms with Gasteiger partial charge in [-0.25, -0.2) is 0 Å². The molecule has 1 aromatic heterocycles. The summed E-state index contributed by atoms with van der Waals surface area (Å²) in [5.74, 6) is 0.283. The first-order valence-electron chi connectivity index (χ1n) is 4.87. The van der Waals surface area contributed by atoms with Crippen LogP contribution in [0, 0.1) is 13.8 Å². The van der Waals surface area contributed by atoms with E-state index in [-0.39, 0.29) is 5.75 Å². The molecule has 1 aromatic carbocycles. The Morgan fingerprint density at radius 2 is 2.00 bits per heavy atom. The predicted molar refractivity (Wildman–Crippen MR) is 61.7 cm³/mol. The minimum Gasteiger partial charge on any atom is -0.508 e. The number of hydrogen-bond acceptors (Lipinski definition) is 2. The van der Waals surface area contributed by atoms with Crippen molar-refractivity contribution < 1.29 is 5.11 Å². The van der Waals surface area contributed by atoms with Crippen LogP contribution in [0.5, 0.6) is 5.75 Å². The molecule has 3 nitrogen and oxygen atoms in total. The number of phenols is 1. The Hall–Kier alpha value is -1.90. The smallest absolute Gasteiger partial charge is 0.117 e. The van der Waals surface area contributed by atoms with Crippen LogP contribution in [0.2, 0.25) is 0 Å². The molecule has 0 saturated heterocycles. The van der Waals surface area contributed by atoms with E-state index >= 15 is 0 Å². The monoisotopic (exact) mass is 202 g/mol. The van der Waals surface area contributed by atoms with Gasteiger partial charge in [-0.3, -0.25) is 0 Å². The van der Waals surface area contributed by atoms with E-state index in [9.17, 15) is 5.11 Å². The summed E-state index contributed by atoms with van der Waals surface area (Å²) < 4.78 is 0. The van der Waals surface area contributed by atoms with Gasteiger partial charge in [0.25, 0.3) is 0 Å². The molecular formula is C12H14N2O. The number of benzene rings is 1. The van der Waals surface area contributed by atoms with Crippen molar-refractivity contribution in [2.75, 3.05) is 5.32 Å². The molecule has 0 aliphatic carbocycles. The van der Waals surface area contributed by atoms with E-state index in [1.165, 1.54) is 0 Å². The lowest BCUT2D eigenvalue weighted by molar-refractivity contribution is 0.475. The molecule has 0 bridgehead atoms. The fourth-order valence-corrected chi connectivity index (χ4v) is 1.58. The highest BCUT2D eigenvalue weighted by atomic mass is 16.3. The van der Waals surface area contributed by atoms with Crippen LogP contribution in [0.3, 0.4) is 0 Å². The van der Waals surface area contributed by atoms with E-state index in [1.807, 2.05) is 32.2 Å². The molecule has 2 rings (SSSR count). The third-order valence-electron chi connectivity index (χ3n) is 2.29. The van der Waals surface area contributed by atoms with Crippen LogP contribution in [0.25, 0.3) is 0 Å². The Balaban J connectivity index is 2.28. The van der Waals surface area contributed by atoms with E-state index in [0.29, 0.717) is 0 Å². The molecule has 0 fully saturated rings. The zero-order chi connectivity index (χ0) is 10.8. The Bertz CT molecular complexity index is 454. The molecule has 15 heavy (non-hydrogen) atoms. The number of nitrogens with one attached hydrogen (secondary N) is 2. The second-order valence-corrected chi connectivity index (χ2v) is 3.70. The van der Waals surface area contributed by atoms with Crippen molar-refractivity contribution in [2.24, 2.45) is 0 Å². The van der Waals surface area contributed by atoms with Crippen molar-refractivity contribution in [3.63, 3.8) is 0 Å². The standard InChI is InChI=1S/C12H14N2O/c1-8-5-10(7-11(15)6-8)14-12-3-4-13-9(12)2/h3-7,13-15H,1-2H3. The largest absolute Gasteiger partial charge is 0.508 e. The molecule has 0 aliphatic rings. The zero-order valence-corrected chi connectivity index (χ0v) is 8.83. The van der Waals surface area contributed by atoms with Crippen molar-refractivity contribution in [3.05, 3.63) is 41.7 Å². The number of aryl methyl sites for hydroxylation is 2. The lowest BCUT2D eigenvalue weighted by Gasteiger charge is -2.07. The summed E-state index contributed by atoms with van der Waals surface area (Å²) in [5, 5.41) is 12.7. The van der Waals surface area contributed by atoms with Crippen molar-refractivity contribution in [2.45, 2.75) is 13.8 Å². The normalized spacial score (nSPS) is 10.3. The van der Waals surface area contributed by atoms with Gasteiger partial charge in [-0.1, -0.05) is 0 Å². The van der Waals surface area contributed by atoms with Crippen LogP contribution < -0.4 is 5.32 Å². The summed E-state index contributed by atoms with van der Waals surface area (Å²) in [6.45, 7) is 3.95. The SMILES string of the molecule is Cc1cc(O)cc(Nc2cc[nH]c2C)c1. The number of phenolic OH excluding ortho intramolecular Hbond substituents is 1. The van der Waals surface area contributed by atoms with Crippen LogP contribution in [0.1, 0.15) is 11.3 Å². The minimum atomic E-state index is 0.283. The van der Waals surface area contributed by atoms with Crippen molar-refractivity contribution in [3.8, 4) is 5.75 Å². The van der Waals surface area contributed by atoms with Gasteiger partial charge in [0.05, 0.1) is 5.69 Å². The van der Waals surface area contributed by atoms with Gasteiger partial charge in [0.15, 0.2) is 0 Å². The highest BCUT2D eigenvalue weighted by molar-refractivity contribution is 5.63. The summed E-state index contributed by atoms with van der Waals surface area (Å²) in [4.78, 5) is 3.09. The molecule has 3 heteroatoms. The van der Waals surface area contributed by atoms with Crippen LogP contribution in [-0.4, -0.2) is 10.1 Å². The van der Waals surface area contributed by atoms with Gasteiger partial charge in [-0.15, -0.1) is 0 Å². The summed E-state index contributed by atoms with van der Waals surface area (Å²) >= 11 is 0. The maximum Gasteiger partial charge on any atom is 0.117 e. The fraction of sp³-hybridized carbons (Fsp3) is 0.167. The molecule has 0 saturated carbocycles. The third kappa shape index (κ3) is 2.13. The average molecular weight is 202 g/mol. The number of aromatic nitrogens is 1. The van der Waals surface area contributed by atoms with E-state index < -0.39 is 0 Å². The molecule has 3 N–H and O–H groups in total. The Kier molecular flexibility index (Phi) is 2.37. The molecule has 1 heterocycles. The predicted octanol–water partition coefficient (Wildman–Crippen LogP) is 3.08. The van der Waals surface area contributed by atoms with Crippen molar-refractivity contribution in [1.29, 1.82) is 0 Å². The summed E-state index contributed by atoms with van der Waals surface area (Å²) in [7, 11) is 0. The lowest BCUT2D eigenvalue weighted by Crippen LogP contribution is -1.91. The fourth-order valence-electron chi connectivity index (χ4n) is 1.58. The molecule has 0 spiro atoms. The summed E-state index contributed by atoms with van der Waals surface area (Å²) in [6.07, 6.45) is 1.88. The maximum atomic E-state index is 9.44. The molecular weight excluding hydrogens is 188 g/mol. The topological polar surface area (TPSA) is 48.0 Å². The van der Waals surface area contributed by atoms with E-state index in [2.05, 4.69) is 10.3 Å². The Labute approximate surface area is 88.8 Å². The van der Waals surface area contributed by atoms with Crippen LogP contribution in [0.4, 0.5) is 11.4 Å². The van der Waals surface area contributed by atoms with Gasteiger partial charge in [-0.05, 0) is 37.6 Å². The molecule has 78 valence electrons. The van der Waals surface area contributed by atoms with Gasteiger partial charge in [0.1, 0.15) is 5.75 Å². The zero-order valence-electron chi connectivity index (χ0n) is 8.83. The molecule has 0 amide bonds. The number of hydrogen-bond donors (Lipinski definition) is 3. The Morgan fingerprint density at radius 1 is 1.20 bits per heavy atom. The first-order valence-corrected chi connectivity index (χ1v) is 4.87. The van der Waals surface area contributed by atoms with Gasteiger partial charge < -0.3 is 15.4 Å². The van der Waals surface area contributed by atoms with E-state index in [0.717, 1.165) is 22.6 Å². The molecule has 0 atom stereocenters. The highest BCUT2D eigenvalue weighted by Crippen LogP contribution is 2.24. The Morgan fingerprint density at radius 3 is 2.60 bits per heavy atom. The van der Waals surface area contributed by atoms with Gasteiger partial charge >= 0.3 is 0 Å². The summed E-state index contributed by atoms with van der Waals surface area (Å²) in [6, 6.07) is 7.40. The second kappa shape index (κ2) is 3.69. The lowest BCUT2D eigenvalue weighted by atomic mass is 10.2. The molecule has 0 unspecified atom stereocenters. The van der Waals surface area contributed by atoms with Crippen LogP contribution >= 0.6 is 0 Å². The van der Waals surface area contributed by atoms with Crippen molar-refractivity contribution in [1.82, 2.24) is 4.98 Å². The van der Waals surface area contributed by atoms with Crippen LogP contribution in [0.15, 0.2) is 30.5 Å². The van der Waals surface area contributed by atoms with Gasteiger partial charge in [0, 0.05) is 23.6 Å². The molecule has 0 radical (unpaired) electrons. The number of rotatable bonds is 2. The number of H-pyrrole nitrogens is 1. The first-order chi connectivity index (χ1) is 7.15. The minimum absolute atomic E-state index is 0.283. The van der Waals surface area contributed by atoms with Crippen LogP contribution in [-0.2, 0) is 0 Å².